The number of pyridine rings is 2. The van der Waals surface area contributed by atoms with Gasteiger partial charge in [-0.1, -0.05) is 29.8 Å². The molecule has 0 bridgehead atoms. The minimum Gasteiger partial charge on any atom is -0.444 e. The van der Waals surface area contributed by atoms with Crippen LogP contribution in [0.25, 0.3) is 16.7 Å². The number of carbonyl (C=O) groups is 1. The number of carbonyl (C=O) groups excluding carboxylic acids is 1. The summed E-state index contributed by atoms with van der Waals surface area (Å²) in [5.41, 5.74) is 5.45. The lowest BCUT2D eigenvalue weighted by molar-refractivity contribution is 0.155. The Morgan fingerprint density at radius 1 is 1.15 bits per heavy atom. The fourth-order valence-electron chi connectivity index (χ4n) is 4.09. The standard InChI is InChI=1S/C25H21ClN6O2/c26-19-3-1-2-16(10-19)14-34-25(33)30-24-23-21(8-9-27-24)32(15-28-23)13-20-12-31-11-18(17-4-5-17)6-7-22(31)29-20/h1-3,6-12,15,17H,4-5,13-14H2,(H,27,30,33). The number of amides is 1. The van der Waals surface area contributed by atoms with E-state index in [0.717, 1.165) is 22.4 Å². The second kappa shape index (κ2) is 8.46. The summed E-state index contributed by atoms with van der Waals surface area (Å²) in [7, 11) is 0. The zero-order chi connectivity index (χ0) is 23.1. The van der Waals surface area contributed by atoms with Crippen molar-refractivity contribution in [2.24, 2.45) is 0 Å². The Kier molecular flexibility index (Phi) is 5.15. The Morgan fingerprint density at radius 3 is 2.91 bits per heavy atom. The first-order chi connectivity index (χ1) is 16.6. The Morgan fingerprint density at radius 2 is 2.06 bits per heavy atom. The van der Waals surface area contributed by atoms with Crippen molar-refractivity contribution in [2.75, 3.05) is 5.32 Å². The molecular weight excluding hydrogens is 452 g/mol. The summed E-state index contributed by atoms with van der Waals surface area (Å²) < 4.78 is 9.39. The number of halogens is 1. The van der Waals surface area contributed by atoms with Gasteiger partial charge in [-0.3, -0.25) is 5.32 Å². The minimum absolute atomic E-state index is 0.104. The molecule has 1 saturated carbocycles. The molecule has 0 saturated heterocycles. The quantitative estimate of drug-likeness (QED) is 0.357. The number of ether oxygens (including phenoxy) is 1. The van der Waals surface area contributed by atoms with E-state index in [2.05, 4.69) is 44.2 Å². The number of fused-ring (bicyclic) bond motifs is 2. The van der Waals surface area contributed by atoms with Crippen LogP contribution in [-0.4, -0.2) is 30.0 Å². The first-order valence-corrected chi connectivity index (χ1v) is 11.5. The molecule has 1 N–H and O–H groups in total. The number of nitrogens with zero attached hydrogens (tertiary/aromatic N) is 5. The third-order valence-corrected chi connectivity index (χ3v) is 6.16. The molecule has 5 aromatic rings. The first kappa shape index (κ1) is 20.7. The third-order valence-electron chi connectivity index (χ3n) is 5.92. The van der Waals surface area contributed by atoms with Crippen LogP contribution in [0.1, 0.15) is 35.6 Å². The molecule has 1 fully saturated rings. The van der Waals surface area contributed by atoms with Gasteiger partial charge in [0.2, 0.25) is 0 Å². The predicted molar refractivity (Wildman–Crippen MR) is 129 cm³/mol. The van der Waals surface area contributed by atoms with Gasteiger partial charge in [0.25, 0.3) is 0 Å². The first-order valence-electron chi connectivity index (χ1n) is 11.1. The van der Waals surface area contributed by atoms with Crippen LogP contribution in [0.3, 0.4) is 0 Å². The minimum atomic E-state index is -0.610. The topological polar surface area (TPSA) is 86.3 Å². The van der Waals surface area contributed by atoms with Gasteiger partial charge in [-0.05, 0) is 54.2 Å². The number of aromatic nitrogens is 5. The molecule has 0 unspecified atom stereocenters. The zero-order valence-electron chi connectivity index (χ0n) is 18.2. The van der Waals surface area contributed by atoms with E-state index in [1.54, 1.807) is 24.7 Å². The van der Waals surface area contributed by atoms with Gasteiger partial charge >= 0.3 is 6.09 Å². The Labute approximate surface area is 200 Å². The van der Waals surface area contributed by atoms with E-state index in [0.29, 0.717) is 28.8 Å². The van der Waals surface area contributed by atoms with Gasteiger partial charge in [0.1, 0.15) is 17.8 Å². The van der Waals surface area contributed by atoms with E-state index in [1.807, 2.05) is 22.8 Å². The summed E-state index contributed by atoms with van der Waals surface area (Å²) in [4.78, 5) is 25.8. The largest absolute Gasteiger partial charge is 0.444 e. The van der Waals surface area contributed by atoms with Gasteiger partial charge in [-0.2, -0.15) is 0 Å². The van der Waals surface area contributed by atoms with Crippen molar-refractivity contribution in [1.29, 1.82) is 0 Å². The molecule has 1 amide bonds. The molecule has 1 aromatic carbocycles. The van der Waals surface area contributed by atoms with Crippen LogP contribution in [0.5, 0.6) is 0 Å². The molecule has 1 aliphatic rings. The van der Waals surface area contributed by atoms with Crippen molar-refractivity contribution < 1.29 is 9.53 Å². The van der Waals surface area contributed by atoms with Crippen molar-refractivity contribution in [3.05, 3.63) is 89.2 Å². The number of benzene rings is 1. The van der Waals surface area contributed by atoms with Crippen molar-refractivity contribution in [3.63, 3.8) is 0 Å². The van der Waals surface area contributed by atoms with Crippen LogP contribution in [0, 0.1) is 0 Å². The maximum atomic E-state index is 12.3. The molecule has 4 aromatic heterocycles. The highest BCUT2D eigenvalue weighted by atomic mass is 35.5. The van der Waals surface area contributed by atoms with Crippen LogP contribution in [0.2, 0.25) is 5.02 Å². The molecular formula is C25H21ClN6O2. The lowest BCUT2D eigenvalue weighted by Gasteiger charge is -2.08. The van der Waals surface area contributed by atoms with Gasteiger partial charge in [-0.25, -0.2) is 19.7 Å². The molecule has 6 rings (SSSR count). The van der Waals surface area contributed by atoms with E-state index < -0.39 is 6.09 Å². The van der Waals surface area contributed by atoms with E-state index in [-0.39, 0.29) is 6.61 Å². The summed E-state index contributed by atoms with van der Waals surface area (Å²) in [6.07, 6.45) is 9.53. The molecule has 0 spiro atoms. The lowest BCUT2D eigenvalue weighted by atomic mass is 10.2. The van der Waals surface area contributed by atoms with Crippen molar-refractivity contribution >= 4 is 40.2 Å². The second-order valence-corrected chi connectivity index (χ2v) is 8.90. The van der Waals surface area contributed by atoms with Gasteiger partial charge in [0.15, 0.2) is 5.82 Å². The maximum Gasteiger partial charge on any atom is 0.413 e. The fraction of sp³-hybridized carbons (Fsp3) is 0.200. The second-order valence-electron chi connectivity index (χ2n) is 8.47. The summed E-state index contributed by atoms with van der Waals surface area (Å²) in [6, 6.07) is 13.3. The smallest absolute Gasteiger partial charge is 0.413 e. The summed E-state index contributed by atoms with van der Waals surface area (Å²) in [5.74, 6) is 1.04. The Hall–Kier alpha value is -3.91. The molecule has 0 atom stereocenters. The van der Waals surface area contributed by atoms with Crippen LogP contribution < -0.4 is 5.32 Å². The monoisotopic (exact) mass is 472 g/mol. The fourth-order valence-corrected chi connectivity index (χ4v) is 4.30. The van der Waals surface area contributed by atoms with Crippen LogP contribution in [-0.2, 0) is 17.9 Å². The van der Waals surface area contributed by atoms with E-state index in [1.165, 1.54) is 18.4 Å². The van der Waals surface area contributed by atoms with Crippen molar-refractivity contribution in [1.82, 2.24) is 23.9 Å². The van der Waals surface area contributed by atoms with Gasteiger partial charge in [0, 0.05) is 23.6 Å². The normalized spacial score (nSPS) is 13.4. The zero-order valence-corrected chi connectivity index (χ0v) is 18.9. The number of hydrogen-bond acceptors (Lipinski definition) is 5. The molecule has 170 valence electrons. The molecule has 34 heavy (non-hydrogen) atoms. The summed E-state index contributed by atoms with van der Waals surface area (Å²) in [6.45, 7) is 0.659. The SMILES string of the molecule is O=C(Nc1nccc2c1ncn2Cc1cn2cc(C3CC3)ccc2n1)OCc1cccc(Cl)c1. The lowest BCUT2D eigenvalue weighted by Crippen LogP contribution is -2.14. The van der Waals surface area contributed by atoms with Gasteiger partial charge in [0.05, 0.1) is 24.1 Å². The van der Waals surface area contributed by atoms with E-state index >= 15 is 0 Å². The third kappa shape index (κ3) is 4.20. The highest BCUT2D eigenvalue weighted by Crippen LogP contribution is 2.39. The number of rotatable bonds is 6. The molecule has 0 radical (unpaired) electrons. The van der Waals surface area contributed by atoms with E-state index in [4.69, 9.17) is 21.3 Å². The average Bonchev–Trinajstić information content (AvgIpc) is 3.49. The molecule has 1 aliphatic carbocycles. The van der Waals surface area contributed by atoms with E-state index in [9.17, 15) is 4.79 Å². The van der Waals surface area contributed by atoms with Crippen LogP contribution >= 0.6 is 11.6 Å². The highest BCUT2D eigenvalue weighted by Gasteiger charge is 2.23. The number of nitrogens with one attached hydrogen (secondary N) is 1. The Bertz CT molecular complexity index is 1520. The molecule has 8 nitrogen and oxygen atoms in total. The number of hydrogen-bond donors (Lipinski definition) is 1. The van der Waals surface area contributed by atoms with Gasteiger partial charge in [-0.15, -0.1) is 0 Å². The average molecular weight is 473 g/mol. The van der Waals surface area contributed by atoms with Crippen molar-refractivity contribution in [3.8, 4) is 0 Å². The number of imidazole rings is 2. The summed E-state index contributed by atoms with van der Waals surface area (Å²) >= 11 is 5.98. The molecule has 4 heterocycles. The maximum absolute atomic E-state index is 12.3. The summed E-state index contributed by atoms with van der Waals surface area (Å²) in [5, 5.41) is 3.28. The van der Waals surface area contributed by atoms with Crippen molar-refractivity contribution in [2.45, 2.75) is 31.9 Å². The van der Waals surface area contributed by atoms with Crippen LogP contribution in [0.15, 0.2) is 67.4 Å². The molecule has 9 heteroatoms. The Balaban J connectivity index is 1.18. The van der Waals surface area contributed by atoms with Crippen LogP contribution in [0.4, 0.5) is 10.6 Å². The predicted octanol–water partition coefficient (Wildman–Crippen LogP) is 5.41. The highest BCUT2D eigenvalue weighted by molar-refractivity contribution is 6.30. The molecule has 0 aliphatic heterocycles. The number of anilines is 1. The van der Waals surface area contributed by atoms with Gasteiger partial charge < -0.3 is 13.7 Å².